The number of hydrogen-bond acceptors (Lipinski definition) is 4. The van der Waals surface area contributed by atoms with Crippen LogP contribution in [0.1, 0.15) is 71.9 Å². The largest absolute Gasteiger partial charge is 0.381 e. The van der Waals surface area contributed by atoms with E-state index in [4.69, 9.17) is 9.73 Å². The summed E-state index contributed by atoms with van der Waals surface area (Å²) in [6.07, 6.45) is 4.30. The van der Waals surface area contributed by atoms with Crippen LogP contribution in [0.15, 0.2) is 35.3 Å². The van der Waals surface area contributed by atoms with Crippen LogP contribution in [0.2, 0.25) is 0 Å². The summed E-state index contributed by atoms with van der Waals surface area (Å²) in [5, 5.41) is 11.0. The fraction of sp³-hybridized carbons (Fsp3) is 0.731. The number of ether oxygens (including phenoxy) is 1. The van der Waals surface area contributed by atoms with Gasteiger partial charge in [-0.2, -0.15) is 0 Å². The summed E-state index contributed by atoms with van der Waals surface area (Å²) in [5.74, 6) is 0.919. The third kappa shape index (κ3) is 9.08. The molecule has 0 aromatic heterocycles. The molecule has 0 aliphatic carbocycles. The number of benzene rings is 1. The van der Waals surface area contributed by atoms with E-state index in [0.29, 0.717) is 6.04 Å². The number of nitrogens with one attached hydrogen (secondary N) is 3. The first kappa shape index (κ1) is 26.6. The Balaban J connectivity index is 1.98. The second-order valence-electron chi connectivity index (χ2n) is 9.08. The normalized spacial score (nSPS) is 18.4. The van der Waals surface area contributed by atoms with E-state index < -0.39 is 0 Å². The van der Waals surface area contributed by atoms with Crippen molar-refractivity contribution in [3.8, 4) is 0 Å². The third-order valence-corrected chi connectivity index (χ3v) is 6.55. The monoisotopic (exact) mass is 445 g/mol. The molecule has 0 radical (unpaired) electrons. The van der Waals surface area contributed by atoms with Crippen LogP contribution < -0.4 is 16.0 Å². The summed E-state index contributed by atoms with van der Waals surface area (Å²) in [4.78, 5) is 7.52. The van der Waals surface area contributed by atoms with Gasteiger partial charge in [-0.1, -0.05) is 44.2 Å². The molecule has 1 aromatic carbocycles. The minimum atomic E-state index is -0.0398. The van der Waals surface area contributed by atoms with Gasteiger partial charge in [0, 0.05) is 37.4 Å². The van der Waals surface area contributed by atoms with Crippen molar-refractivity contribution in [3.05, 3.63) is 35.9 Å². The van der Waals surface area contributed by atoms with Gasteiger partial charge in [0.05, 0.1) is 6.54 Å². The molecule has 0 spiro atoms. The maximum atomic E-state index is 5.69. The molecule has 0 bridgehead atoms. The molecule has 0 saturated carbocycles. The fourth-order valence-electron chi connectivity index (χ4n) is 4.41. The number of rotatable bonds is 13. The fourth-order valence-corrected chi connectivity index (χ4v) is 4.41. The van der Waals surface area contributed by atoms with E-state index >= 15 is 0 Å². The predicted molar refractivity (Wildman–Crippen MR) is 136 cm³/mol. The summed E-state index contributed by atoms with van der Waals surface area (Å²) >= 11 is 0. The lowest BCUT2D eigenvalue weighted by Gasteiger charge is -2.39. The van der Waals surface area contributed by atoms with Crippen molar-refractivity contribution < 1.29 is 4.74 Å². The van der Waals surface area contributed by atoms with Gasteiger partial charge in [-0.3, -0.25) is 4.99 Å². The topological polar surface area (TPSA) is 60.9 Å². The standard InChI is InChI=1S/C26H47N5O/c1-6-27-25(29-22(4)13-12-18-31(7-2)8-3)28-21-26(16-19-32-20-17-26)30-23(5)24-14-10-9-11-15-24/h9-11,14-15,22-23,30H,6-8,12-13,16-21H2,1-5H3,(H2,27,28,29). The highest BCUT2D eigenvalue weighted by molar-refractivity contribution is 5.80. The Morgan fingerprint density at radius 2 is 1.78 bits per heavy atom. The van der Waals surface area contributed by atoms with E-state index in [2.05, 4.69) is 85.8 Å². The van der Waals surface area contributed by atoms with Crippen LogP contribution in [0.3, 0.4) is 0 Å². The van der Waals surface area contributed by atoms with Gasteiger partial charge in [-0.05, 0) is 71.7 Å². The molecule has 3 N–H and O–H groups in total. The Bertz CT molecular complexity index is 641. The van der Waals surface area contributed by atoms with Gasteiger partial charge in [0.1, 0.15) is 0 Å². The summed E-state index contributed by atoms with van der Waals surface area (Å²) in [5.41, 5.74) is 1.27. The lowest BCUT2D eigenvalue weighted by Crippen LogP contribution is -2.53. The molecule has 32 heavy (non-hydrogen) atoms. The first-order valence-electron chi connectivity index (χ1n) is 12.7. The van der Waals surface area contributed by atoms with Crippen LogP contribution >= 0.6 is 0 Å². The van der Waals surface area contributed by atoms with Gasteiger partial charge in [0.2, 0.25) is 0 Å². The average molecular weight is 446 g/mol. The second kappa shape index (κ2) is 14.5. The van der Waals surface area contributed by atoms with Crippen molar-refractivity contribution in [2.75, 3.05) is 45.9 Å². The minimum Gasteiger partial charge on any atom is -0.381 e. The molecule has 1 fully saturated rings. The van der Waals surface area contributed by atoms with Crippen molar-refractivity contribution in [2.45, 2.75) is 77.9 Å². The summed E-state index contributed by atoms with van der Waals surface area (Å²) < 4.78 is 5.69. The van der Waals surface area contributed by atoms with E-state index in [1.54, 1.807) is 0 Å². The highest BCUT2D eigenvalue weighted by atomic mass is 16.5. The van der Waals surface area contributed by atoms with Crippen molar-refractivity contribution in [1.82, 2.24) is 20.9 Å². The van der Waals surface area contributed by atoms with Gasteiger partial charge in [-0.15, -0.1) is 0 Å². The van der Waals surface area contributed by atoms with E-state index in [9.17, 15) is 0 Å². The zero-order chi connectivity index (χ0) is 23.2. The molecular formula is C26H47N5O. The lowest BCUT2D eigenvalue weighted by molar-refractivity contribution is 0.0374. The summed E-state index contributed by atoms with van der Waals surface area (Å²) in [7, 11) is 0. The first-order chi connectivity index (χ1) is 15.5. The maximum Gasteiger partial charge on any atom is 0.191 e. The van der Waals surface area contributed by atoms with Crippen molar-refractivity contribution in [2.24, 2.45) is 4.99 Å². The van der Waals surface area contributed by atoms with Crippen LogP contribution in [-0.4, -0.2) is 68.4 Å². The molecule has 182 valence electrons. The Kier molecular flexibility index (Phi) is 12.1. The molecule has 6 nitrogen and oxygen atoms in total. The third-order valence-electron chi connectivity index (χ3n) is 6.55. The van der Waals surface area contributed by atoms with Crippen LogP contribution in [0, 0.1) is 0 Å². The molecule has 2 rings (SSSR count). The van der Waals surface area contributed by atoms with Crippen molar-refractivity contribution in [1.29, 1.82) is 0 Å². The Morgan fingerprint density at radius 1 is 1.09 bits per heavy atom. The van der Waals surface area contributed by atoms with Crippen LogP contribution in [0.5, 0.6) is 0 Å². The molecule has 1 aliphatic heterocycles. The Labute approximate surface area is 196 Å². The molecule has 1 heterocycles. The minimum absolute atomic E-state index is 0.0398. The second-order valence-corrected chi connectivity index (χ2v) is 9.08. The van der Waals surface area contributed by atoms with E-state index in [1.807, 2.05) is 0 Å². The zero-order valence-corrected chi connectivity index (χ0v) is 21.1. The highest BCUT2D eigenvalue weighted by Gasteiger charge is 2.34. The molecule has 2 unspecified atom stereocenters. The average Bonchev–Trinajstić information content (AvgIpc) is 2.82. The zero-order valence-electron chi connectivity index (χ0n) is 21.1. The molecule has 2 atom stereocenters. The Hall–Kier alpha value is -1.63. The van der Waals surface area contributed by atoms with E-state index in [0.717, 1.165) is 71.2 Å². The summed E-state index contributed by atoms with van der Waals surface area (Å²) in [6.45, 7) is 17.7. The van der Waals surface area contributed by atoms with Crippen LogP contribution in [-0.2, 0) is 4.74 Å². The van der Waals surface area contributed by atoms with Gasteiger partial charge >= 0.3 is 0 Å². The van der Waals surface area contributed by atoms with Crippen LogP contribution in [0.4, 0.5) is 0 Å². The van der Waals surface area contributed by atoms with Crippen molar-refractivity contribution in [3.63, 3.8) is 0 Å². The van der Waals surface area contributed by atoms with E-state index in [1.165, 1.54) is 12.0 Å². The molecular weight excluding hydrogens is 398 g/mol. The van der Waals surface area contributed by atoms with E-state index in [-0.39, 0.29) is 11.6 Å². The highest BCUT2D eigenvalue weighted by Crippen LogP contribution is 2.26. The van der Waals surface area contributed by atoms with Crippen LogP contribution in [0.25, 0.3) is 0 Å². The Morgan fingerprint density at radius 3 is 2.41 bits per heavy atom. The maximum absolute atomic E-state index is 5.69. The lowest BCUT2D eigenvalue weighted by atomic mass is 9.88. The summed E-state index contributed by atoms with van der Waals surface area (Å²) in [6, 6.07) is 11.3. The quantitative estimate of drug-likeness (QED) is 0.317. The number of guanidine groups is 1. The van der Waals surface area contributed by atoms with Gasteiger partial charge < -0.3 is 25.6 Å². The molecule has 1 saturated heterocycles. The first-order valence-corrected chi connectivity index (χ1v) is 12.7. The van der Waals surface area contributed by atoms with Gasteiger partial charge in [-0.25, -0.2) is 0 Å². The molecule has 1 aliphatic rings. The molecule has 6 heteroatoms. The smallest absolute Gasteiger partial charge is 0.191 e. The molecule has 0 amide bonds. The number of hydrogen-bond donors (Lipinski definition) is 3. The SMILES string of the molecule is CCNC(=NCC1(NC(C)c2ccccc2)CCOCC1)NC(C)CCCN(CC)CC. The van der Waals surface area contributed by atoms with Gasteiger partial charge in [0.15, 0.2) is 5.96 Å². The van der Waals surface area contributed by atoms with Gasteiger partial charge in [0.25, 0.3) is 0 Å². The number of aliphatic imine (C=N–C) groups is 1. The number of nitrogens with zero attached hydrogens (tertiary/aromatic N) is 2. The van der Waals surface area contributed by atoms with Crippen molar-refractivity contribution >= 4 is 5.96 Å². The predicted octanol–water partition coefficient (Wildman–Crippen LogP) is 3.95. The molecule has 1 aromatic rings.